The number of hydrogen-bond acceptors (Lipinski definition) is 1. The summed E-state index contributed by atoms with van der Waals surface area (Å²) in [5, 5.41) is 3.58. The van der Waals surface area contributed by atoms with Crippen LogP contribution in [0.5, 0.6) is 0 Å². The van der Waals surface area contributed by atoms with E-state index in [2.05, 4.69) is 12.2 Å². The molecule has 1 aliphatic rings. The van der Waals surface area contributed by atoms with Crippen LogP contribution in [0.3, 0.4) is 0 Å². The number of fused-ring (bicyclic) bond motifs is 3. The maximum atomic E-state index is 14.4. The van der Waals surface area contributed by atoms with Crippen LogP contribution in [0.15, 0.2) is 109 Å². The van der Waals surface area contributed by atoms with Crippen molar-refractivity contribution in [3.05, 3.63) is 193 Å². The zero-order chi connectivity index (χ0) is 52.3. The average Bonchev–Trinajstić information content (AvgIpc) is 3.59. The number of halogens is 12. The summed E-state index contributed by atoms with van der Waals surface area (Å²) in [6.45, 7) is 15.2. The zero-order valence-electron chi connectivity index (χ0n) is 40.9. The first-order valence-electron chi connectivity index (χ1n) is 23.9. The van der Waals surface area contributed by atoms with Gasteiger partial charge in [-0.25, -0.2) is 0 Å². The zero-order valence-corrected chi connectivity index (χ0v) is 40.9. The third-order valence-electron chi connectivity index (χ3n) is 14.8. The first-order chi connectivity index (χ1) is 33.0. The Hall–Kier alpha value is -5.72. The molecule has 0 fully saturated rings. The fourth-order valence-electron chi connectivity index (χ4n) is 10.6. The van der Waals surface area contributed by atoms with Gasteiger partial charge < -0.3 is 5.32 Å². The van der Waals surface area contributed by atoms with Crippen molar-refractivity contribution < 1.29 is 52.7 Å². The third kappa shape index (κ3) is 10.1. The Morgan fingerprint density at radius 2 is 0.761 bits per heavy atom. The molecule has 6 aromatic carbocycles. The molecular formula is C58H57F12N. The van der Waals surface area contributed by atoms with E-state index in [9.17, 15) is 52.7 Å². The lowest BCUT2D eigenvalue weighted by molar-refractivity contribution is -0.144. The van der Waals surface area contributed by atoms with Gasteiger partial charge in [0.1, 0.15) is 0 Å². The maximum Gasteiger partial charge on any atom is 0.416 e. The number of nitrogens with one attached hydrogen (secondary N) is 1. The summed E-state index contributed by atoms with van der Waals surface area (Å²) < 4.78 is 173. The van der Waals surface area contributed by atoms with Gasteiger partial charge in [0.2, 0.25) is 0 Å². The molecular weight excluding hydrogens is 939 g/mol. The molecule has 2 atom stereocenters. The Balaban J connectivity index is 1.60. The van der Waals surface area contributed by atoms with E-state index in [4.69, 9.17) is 0 Å². The lowest BCUT2D eigenvalue weighted by atomic mass is 9.64. The minimum atomic E-state index is -5.09. The summed E-state index contributed by atoms with van der Waals surface area (Å²) >= 11 is 0. The summed E-state index contributed by atoms with van der Waals surface area (Å²) in [5.41, 5.74) is -1.96. The molecule has 13 heteroatoms. The summed E-state index contributed by atoms with van der Waals surface area (Å²) in [6.07, 6.45) is -16.2. The number of hydrogen-bond donors (Lipinski definition) is 1. The van der Waals surface area contributed by atoms with Crippen LogP contribution in [-0.4, -0.2) is 6.54 Å². The third-order valence-corrected chi connectivity index (χ3v) is 14.8. The van der Waals surface area contributed by atoms with Crippen molar-refractivity contribution in [2.24, 2.45) is 0 Å². The van der Waals surface area contributed by atoms with Crippen molar-refractivity contribution in [3.8, 4) is 11.1 Å². The highest BCUT2D eigenvalue weighted by Gasteiger charge is 2.49. The Morgan fingerprint density at radius 3 is 1.13 bits per heavy atom. The van der Waals surface area contributed by atoms with Crippen LogP contribution in [0.25, 0.3) is 11.1 Å². The van der Waals surface area contributed by atoms with Gasteiger partial charge in [-0.1, -0.05) is 126 Å². The van der Waals surface area contributed by atoms with Gasteiger partial charge in [0, 0.05) is 23.1 Å². The molecule has 0 spiro atoms. The summed E-state index contributed by atoms with van der Waals surface area (Å²) in [7, 11) is 0. The van der Waals surface area contributed by atoms with Gasteiger partial charge in [-0.05, 0) is 150 Å². The Kier molecular flexibility index (Phi) is 14.2. The van der Waals surface area contributed by atoms with Gasteiger partial charge in [0.15, 0.2) is 0 Å². The van der Waals surface area contributed by atoms with E-state index >= 15 is 0 Å². The van der Waals surface area contributed by atoms with E-state index in [-0.39, 0.29) is 36.1 Å². The van der Waals surface area contributed by atoms with E-state index in [1.54, 1.807) is 39.8 Å². The van der Waals surface area contributed by atoms with E-state index in [1.807, 2.05) is 81.4 Å². The molecule has 71 heavy (non-hydrogen) atoms. The molecule has 1 N–H and O–H groups in total. The van der Waals surface area contributed by atoms with Crippen LogP contribution in [0.4, 0.5) is 58.4 Å². The lowest BCUT2D eigenvalue weighted by Gasteiger charge is -2.38. The minimum Gasteiger partial charge on any atom is -0.385 e. The molecule has 0 aliphatic heterocycles. The smallest absolute Gasteiger partial charge is 0.385 e. The van der Waals surface area contributed by atoms with Gasteiger partial charge in [-0.15, -0.1) is 0 Å². The molecule has 7 rings (SSSR count). The fourth-order valence-corrected chi connectivity index (χ4v) is 10.6. The number of rotatable bonds is 14. The molecule has 0 bridgehead atoms. The number of anilines is 1. The quantitative estimate of drug-likeness (QED) is 0.0846. The average molecular weight is 996 g/mol. The molecule has 6 aromatic rings. The van der Waals surface area contributed by atoms with Crippen molar-refractivity contribution in [3.63, 3.8) is 0 Å². The summed E-state index contributed by atoms with van der Waals surface area (Å²) in [6, 6.07) is 26.1. The SMILES string of the molecule is CCCCCCNc1cc(C)cc(C2(c3cc(C)cc(C)c3)c3cc(C(C)(CC)c4cc(C(F)(F)F)cc(C(F)(F)F)c4)ccc3-c3ccc(C(C)(CC)c4cc(C(F)(F)F)cc(C(F)(F)F)c4)cc32)c1. The minimum absolute atomic E-state index is 0.0837. The Morgan fingerprint density at radius 1 is 0.394 bits per heavy atom. The second-order valence-electron chi connectivity index (χ2n) is 19.7. The molecule has 0 heterocycles. The largest absolute Gasteiger partial charge is 0.416 e. The molecule has 1 aliphatic carbocycles. The van der Waals surface area contributed by atoms with Crippen molar-refractivity contribution in [1.82, 2.24) is 0 Å². The first-order valence-corrected chi connectivity index (χ1v) is 23.9. The van der Waals surface area contributed by atoms with Crippen molar-refractivity contribution in [2.45, 2.75) is 135 Å². The normalized spacial score (nSPS) is 16.8. The molecule has 1 nitrogen and oxygen atoms in total. The second kappa shape index (κ2) is 19.0. The second-order valence-corrected chi connectivity index (χ2v) is 19.7. The molecule has 378 valence electrons. The number of unbranched alkanes of at least 4 members (excludes halogenated alkanes) is 3. The predicted molar refractivity (Wildman–Crippen MR) is 257 cm³/mol. The Labute approximate surface area is 407 Å². The first kappa shape index (κ1) is 53.1. The van der Waals surface area contributed by atoms with Crippen LogP contribution in [0.1, 0.15) is 157 Å². The van der Waals surface area contributed by atoms with E-state index in [0.717, 1.165) is 83.5 Å². The lowest BCUT2D eigenvalue weighted by Crippen LogP contribution is -2.31. The molecule has 0 aromatic heterocycles. The molecule has 2 unspecified atom stereocenters. The predicted octanol–water partition coefficient (Wildman–Crippen LogP) is 18.5. The van der Waals surface area contributed by atoms with Gasteiger partial charge in [0.25, 0.3) is 0 Å². The number of aryl methyl sites for hydroxylation is 3. The molecule has 0 saturated heterocycles. The van der Waals surface area contributed by atoms with Gasteiger partial charge >= 0.3 is 24.7 Å². The fraction of sp³-hybridized carbons (Fsp3) is 0.379. The van der Waals surface area contributed by atoms with Crippen molar-refractivity contribution in [1.29, 1.82) is 0 Å². The van der Waals surface area contributed by atoms with E-state index in [1.165, 1.54) is 0 Å². The van der Waals surface area contributed by atoms with Crippen LogP contribution in [-0.2, 0) is 41.0 Å². The number of benzene rings is 6. The Bertz CT molecular complexity index is 2710. The highest BCUT2D eigenvalue weighted by molar-refractivity contribution is 5.88. The van der Waals surface area contributed by atoms with Crippen LogP contribution in [0.2, 0.25) is 0 Å². The summed E-state index contributed by atoms with van der Waals surface area (Å²) in [5.74, 6) is 0. The maximum absolute atomic E-state index is 14.4. The van der Waals surface area contributed by atoms with Gasteiger partial charge in [-0.3, -0.25) is 0 Å². The van der Waals surface area contributed by atoms with Crippen LogP contribution in [0, 0.1) is 20.8 Å². The van der Waals surface area contributed by atoms with Gasteiger partial charge in [0.05, 0.1) is 27.7 Å². The highest BCUT2D eigenvalue weighted by atomic mass is 19.4. The van der Waals surface area contributed by atoms with Crippen LogP contribution >= 0.6 is 0 Å². The van der Waals surface area contributed by atoms with Crippen molar-refractivity contribution >= 4 is 5.69 Å². The molecule has 0 saturated carbocycles. The van der Waals surface area contributed by atoms with Crippen molar-refractivity contribution in [2.75, 3.05) is 11.9 Å². The monoisotopic (exact) mass is 995 g/mol. The van der Waals surface area contributed by atoms with Gasteiger partial charge in [-0.2, -0.15) is 52.7 Å². The topological polar surface area (TPSA) is 12.0 Å². The van der Waals surface area contributed by atoms with E-state index in [0.29, 0.717) is 39.9 Å². The molecule has 0 amide bonds. The standard InChI is InChI=1S/C58H57F12N/c1-9-12-13-14-19-71-47-24-36(6)23-42(31-47)54(41-21-34(4)20-35(5)22-41)50-32-37(52(7,10-2)39-25-43(55(59,60)61)29-44(26-39)56(62,63)64)15-17-48(50)49-18-16-38(33-51(49)54)53(8,11-3)40-27-45(57(65,66)67)30-46(28-40)58(68,69)70/h15-18,20-33,71H,9-14,19H2,1-8H3. The number of alkyl halides is 12. The highest BCUT2D eigenvalue weighted by Crippen LogP contribution is 2.59. The van der Waals surface area contributed by atoms with Crippen LogP contribution < -0.4 is 5.32 Å². The summed E-state index contributed by atoms with van der Waals surface area (Å²) in [4.78, 5) is 0. The van der Waals surface area contributed by atoms with E-state index < -0.39 is 63.2 Å². The molecule has 0 radical (unpaired) electrons.